The first-order valence-electron chi connectivity index (χ1n) is 6.81. The van der Waals surface area contributed by atoms with Crippen molar-refractivity contribution in [2.24, 2.45) is 0 Å². The van der Waals surface area contributed by atoms with E-state index in [2.05, 4.69) is 16.8 Å². The number of rotatable bonds is 3. The Labute approximate surface area is 118 Å². The molecule has 20 heavy (non-hydrogen) atoms. The number of hydrogen-bond donors (Lipinski definition) is 0. The van der Waals surface area contributed by atoms with Crippen LogP contribution in [0.2, 0.25) is 0 Å². The second-order valence-electron chi connectivity index (χ2n) is 5.03. The van der Waals surface area contributed by atoms with Crippen molar-refractivity contribution in [1.82, 2.24) is 9.47 Å². The Morgan fingerprint density at radius 1 is 1.20 bits per heavy atom. The highest BCUT2D eigenvalue weighted by Gasteiger charge is 2.20. The third-order valence-electron chi connectivity index (χ3n) is 3.75. The fourth-order valence-electron chi connectivity index (χ4n) is 2.56. The number of fused-ring (bicyclic) bond motifs is 1. The molecule has 3 rings (SSSR count). The summed E-state index contributed by atoms with van der Waals surface area (Å²) in [4.78, 5) is 14.3. The molecule has 1 aromatic carbocycles. The molecule has 4 nitrogen and oxygen atoms in total. The third kappa shape index (κ3) is 2.54. The molecule has 4 heteroatoms. The van der Waals surface area contributed by atoms with Crippen molar-refractivity contribution in [2.45, 2.75) is 19.5 Å². The first-order chi connectivity index (χ1) is 9.76. The van der Waals surface area contributed by atoms with Crippen molar-refractivity contribution in [2.75, 3.05) is 13.7 Å². The van der Waals surface area contributed by atoms with Crippen LogP contribution in [0.25, 0.3) is 0 Å². The normalized spacial score (nSPS) is 13.9. The highest BCUT2D eigenvalue weighted by molar-refractivity contribution is 5.78. The van der Waals surface area contributed by atoms with Crippen LogP contribution in [0.15, 0.2) is 42.6 Å². The summed E-state index contributed by atoms with van der Waals surface area (Å²) in [6.07, 6.45) is 2.52. The number of nitrogens with zero attached hydrogens (tertiary/aromatic N) is 2. The van der Waals surface area contributed by atoms with Gasteiger partial charge < -0.3 is 14.2 Å². The third-order valence-corrected chi connectivity index (χ3v) is 3.75. The largest absolute Gasteiger partial charge is 0.497 e. The Kier molecular flexibility index (Phi) is 3.46. The van der Waals surface area contributed by atoms with Crippen LogP contribution in [0.1, 0.15) is 11.3 Å². The van der Waals surface area contributed by atoms with Gasteiger partial charge in [-0.1, -0.05) is 12.1 Å². The Hall–Kier alpha value is -2.23. The number of hydrogen-bond acceptors (Lipinski definition) is 2. The van der Waals surface area contributed by atoms with Crippen molar-refractivity contribution in [3.63, 3.8) is 0 Å². The van der Waals surface area contributed by atoms with Crippen LogP contribution in [0.5, 0.6) is 5.75 Å². The van der Waals surface area contributed by atoms with Crippen molar-refractivity contribution in [3.8, 4) is 5.75 Å². The molecule has 104 valence electrons. The van der Waals surface area contributed by atoms with Gasteiger partial charge in [-0.05, 0) is 29.8 Å². The Bertz CT molecular complexity index is 601. The van der Waals surface area contributed by atoms with Gasteiger partial charge in [0.1, 0.15) is 5.75 Å². The van der Waals surface area contributed by atoms with Gasteiger partial charge in [-0.2, -0.15) is 0 Å². The van der Waals surface area contributed by atoms with Gasteiger partial charge in [0.25, 0.3) is 0 Å². The van der Waals surface area contributed by atoms with E-state index in [1.165, 1.54) is 5.69 Å². The number of carbonyl (C=O) groups is 1. The highest BCUT2D eigenvalue weighted by Crippen LogP contribution is 2.16. The number of methoxy groups -OCH3 is 1. The maximum atomic E-state index is 12.3. The molecular weight excluding hydrogens is 252 g/mol. The smallest absolute Gasteiger partial charge is 0.227 e. The predicted octanol–water partition coefficient (Wildman–Crippen LogP) is 2.08. The molecule has 0 unspecified atom stereocenters. The summed E-state index contributed by atoms with van der Waals surface area (Å²) in [5.41, 5.74) is 2.23. The minimum atomic E-state index is 0.183. The first-order valence-corrected chi connectivity index (χ1v) is 6.81. The molecular formula is C16H18N2O2. The second-order valence-corrected chi connectivity index (χ2v) is 5.03. The lowest BCUT2D eigenvalue weighted by Crippen LogP contribution is -2.38. The van der Waals surface area contributed by atoms with E-state index in [4.69, 9.17) is 4.74 Å². The maximum Gasteiger partial charge on any atom is 0.227 e. The van der Waals surface area contributed by atoms with Gasteiger partial charge in [0.05, 0.1) is 20.1 Å². The lowest BCUT2D eigenvalue weighted by atomic mass is 10.1. The Morgan fingerprint density at radius 3 is 2.75 bits per heavy atom. The van der Waals surface area contributed by atoms with Crippen LogP contribution >= 0.6 is 0 Å². The van der Waals surface area contributed by atoms with Gasteiger partial charge in [0.15, 0.2) is 0 Å². The van der Waals surface area contributed by atoms with Crippen molar-refractivity contribution < 1.29 is 9.53 Å². The van der Waals surface area contributed by atoms with E-state index >= 15 is 0 Å². The van der Waals surface area contributed by atoms with Crippen molar-refractivity contribution in [1.29, 1.82) is 0 Å². The van der Waals surface area contributed by atoms with Crippen molar-refractivity contribution >= 4 is 5.91 Å². The van der Waals surface area contributed by atoms with Crippen molar-refractivity contribution in [3.05, 3.63) is 53.9 Å². The van der Waals surface area contributed by atoms with Gasteiger partial charge in [-0.15, -0.1) is 0 Å². The zero-order valence-electron chi connectivity index (χ0n) is 11.6. The lowest BCUT2D eigenvalue weighted by molar-refractivity contribution is -0.131. The SMILES string of the molecule is COc1ccc(CC(=O)N2CCn3cccc3C2)cc1. The molecule has 0 saturated heterocycles. The molecule has 2 heterocycles. The molecule has 0 spiro atoms. The number of benzene rings is 1. The van der Waals surface area contributed by atoms with Gasteiger partial charge >= 0.3 is 0 Å². The van der Waals surface area contributed by atoms with Gasteiger partial charge in [0.2, 0.25) is 5.91 Å². The van der Waals surface area contributed by atoms with E-state index in [0.717, 1.165) is 24.4 Å². The molecule has 0 fully saturated rings. The van der Waals surface area contributed by atoms with Crippen LogP contribution in [-0.4, -0.2) is 29.0 Å². The van der Waals surface area contributed by atoms with Gasteiger partial charge in [-0.25, -0.2) is 0 Å². The summed E-state index contributed by atoms with van der Waals surface area (Å²) in [6.45, 7) is 2.38. The average molecular weight is 270 g/mol. The molecule has 0 radical (unpaired) electrons. The molecule has 1 aliphatic rings. The fraction of sp³-hybridized carbons (Fsp3) is 0.312. The quantitative estimate of drug-likeness (QED) is 0.856. The maximum absolute atomic E-state index is 12.3. The molecule has 1 aliphatic heterocycles. The minimum Gasteiger partial charge on any atom is -0.497 e. The van der Waals surface area contributed by atoms with Crippen LogP contribution in [-0.2, 0) is 24.3 Å². The summed E-state index contributed by atoms with van der Waals surface area (Å²) in [6, 6.07) is 11.8. The topological polar surface area (TPSA) is 34.5 Å². The number of carbonyl (C=O) groups excluding carboxylic acids is 1. The molecule has 0 aliphatic carbocycles. The molecule has 0 bridgehead atoms. The molecule has 0 saturated carbocycles. The molecule has 0 atom stereocenters. The molecule has 1 aromatic heterocycles. The highest BCUT2D eigenvalue weighted by atomic mass is 16.5. The van der Waals surface area contributed by atoms with E-state index in [9.17, 15) is 4.79 Å². The molecule has 2 aromatic rings. The average Bonchev–Trinajstić information content (AvgIpc) is 2.95. The van der Waals surface area contributed by atoms with Gasteiger partial charge in [-0.3, -0.25) is 4.79 Å². The summed E-state index contributed by atoms with van der Waals surface area (Å²) >= 11 is 0. The first kappa shape index (κ1) is 12.8. The lowest BCUT2D eigenvalue weighted by Gasteiger charge is -2.28. The van der Waals surface area contributed by atoms with E-state index < -0.39 is 0 Å². The van der Waals surface area contributed by atoms with Crippen LogP contribution in [0.4, 0.5) is 0 Å². The predicted molar refractivity (Wildman–Crippen MR) is 76.5 cm³/mol. The Balaban J connectivity index is 1.65. The standard InChI is InChI=1S/C16H18N2O2/c1-20-15-6-4-13(5-7-15)11-16(19)18-10-9-17-8-2-3-14(17)12-18/h2-8H,9-12H2,1H3. The van der Waals surface area contributed by atoms with E-state index in [0.29, 0.717) is 13.0 Å². The van der Waals surface area contributed by atoms with E-state index in [1.54, 1.807) is 7.11 Å². The van der Waals surface area contributed by atoms with Gasteiger partial charge in [0, 0.05) is 25.0 Å². The monoisotopic (exact) mass is 270 g/mol. The second kappa shape index (κ2) is 5.41. The summed E-state index contributed by atoms with van der Waals surface area (Å²) in [7, 11) is 1.64. The summed E-state index contributed by atoms with van der Waals surface area (Å²) < 4.78 is 7.33. The number of amides is 1. The Morgan fingerprint density at radius 2 is 2.00 bits per heavy atom. The van der Waals surface area contributed by atoms with E-state index in [1.807, 2.05) is 35.2 Å². The molecule has 0 N–H and O–H groups in total. The van der Waals surface area contributed by atoms with Crippen LogP contribution < -0.4 is 4.74 Å². The zero-order valence-corrected chi connectivity index (χ0v) is 11.6. The summed E-state index contributed by atoms with van der Waals surface area (Å²) in [5, 5.41) is 0. The number of aromatic nitrogens is 1. The summed E-state index contributed by atoms with van der Waals surface area (Å²) in [5.74, 6) is 1.000. The minimum absolute atomic E-state index is 0.183. The van der Waals surface area contributed by atoms with Crippen LogP contribution in [0.3, 0.4) is 0 Å². The fourth-order valence-corrected chi connectivity index (χ4v) is 2.56. The van der Waals surface area contributed by atoms with E-state index in [-0.39, 0.29) is 5.91 Å². The van der Waals surface area contributed by atoms with Crippen LogP contribution in [0, 0.1) is 0 Å². The number of ether oxygens (including phenoxy) is 1. The zero-order chi connectivity index (χ0) is 13.9. The molecule has 1 amide bonds.